The van der Waals surface area contributed by atoms with E-state index in [2.05, 4.69) is 16.0 Å². The molecule has 1 heterocycles. The number of benzene rings is 2. The Bertz CT molecular complexity index is 778. The Hall–Kier alpha value is -2.73. The molecule has 1 saturated heterocycles. The van der Waals surface area contributed by atoms with Crippen molar-refractivity contribution in [2.24, 2.45) is 0 Å². The number of carbonyl (C=O) groups is 2. The standard InChI is InChI=1S/C19H20ClN3O3/c1-26-15-8-2-12(3-9-15)16-10-18(24)21-11-17(16)23-19(25)22-14-6-4-13(20)5-7-14/h2-9,16-17H,10-11H2,1H3,(H,21,24)(H2,22,23,25)/t16?,17-/m1/s1. The molecule has 0 saturated carbocycles. The fourth-order valence-electron chi connectivity index (χ4n) is 3.00. The lowest BCUT2D eigenvalue weighted by Crippen LogP contribution is -2.52. The maximum Gasteiger partial charge on any atom is 0.319 e. The topological polar surface area (TPSA) is 79.5 Å². The lowest BCUT2D eigenvalue weighted by molar-refractivity contribution is -0.123. The molecular formula is C19H20ClN3O3. The van der Waals surface area contributed by atoms with E-state index >= 15 is 0 Å². The van der Waals surface area contributed by atoms with Crippen LogP contribution >= 0.6 is 11.6 Å². The van der Waals surface area contributed by atoms with Crippen LogP contribution in [-0.2, 0) is 4.79 Å². The van der Waals surface area contributed by atoms with Crippen LogP contribution in [0.15, 0.2) is 48.5 Å². The summed E-state index contributed by atoms with van der Waals surface area (Å²) in [7, 11) is 1.61. The number of rotatable bonds is 4. The van der Waals surface area contributed by atoms with Gasteiger partial charge in [0, 0.05) is 29.6 Å². The van der Waals surface area contributed by atoms with E-state index in [9.17, 15) is 9.59 Å². The van der Waals surface area contributed by atoms with Crippen LogP contribution < -0.4 is 20.7 Å². The molecule has 0 aliphatic carbocycles. The van der Waals surface area contributed by atoms with Crippen LogP contribution in [0.25, 0.3) is 0 Å². The number of hydrogen-bond donors (Lipinski definition) is 3. The summed E-state index contributed by atoms with van der Waals surface area (Å²) in [6.45, 7) is 0.379. The Balaban J connectivity index is 1.69. The molecule has 7 heteroatoms. The van der Waals surface area contributed by atoms with Crippen molar-refractivity contribution in [1.82, 2.24) is 10.6 Å². The lowest BCUT2D eigenvalue weighted by atomic mass is 9.85. The van der Waals surface area contributed by atoms with Crippen molar-refractivity contribution in [3.05, 3.63) is 59.1 Å². The van der Waals surface area contributed by atoms with Gasteiger partial charge in [-0.15, -0.1) is 0 Å². The largest absolute Gasteiger partial charge is 0.497 e. The summed E-state index contributed by atoms with van der Waals surface area (Å²) in [5.41, 5.74) is 1.63. The van der Waals surface area contributed by atoms with Gasteiger partial charge in [-0.25, -0.2) is 4.79 Å². The number of halogens is 1. The first-order valence-corrected chi connectivity index (χ1v) is 8.66. The highest BCUT2D eigenvalue weighted by Crippen LogP contribution is 2.28. The maximum atomic E-state index is 12.3. The maximum absolute atomic E-state index is 12.3. The van der Waals surface area contributed by atoms with Gasteiger partial charge >= 0.3 is 6.03 Å². The van der Waals surface area contributed by atoms with E-state index in [1.54, 1.807) is 31.4 Å². The van der Waals surface area contributed by atoms with Crippen molar-refractivity contribution < 1.29 is 14.3 Å². The third kappa shape index (κ3) is 4.46. The van der Waals surface area contributed by atoms with Crippen LogP contribution in [0.3, 0.4) is 0 Å². The molecule has 1 fully saturated rings. The Kier molecular flexibility index (Phi) is 5.63. The molecule has 136 valence electrons. The van der Waals surface area contributed by atoms with E-state index in [1.807, 2.05) is 24.3 Å². The smallest absolute Gasteiger partial charge is 0.319 e. The first-order chi connectivity index (χ1) is 12.5. The van der Waals surface area contributed by atoms with Crippen LogP contribution in [0.4, 0.5) is 10.5 Å². The van der Waals surface area contributed by atoms with Gasteiger partial charge in [-0.2, -0.15) is 0 Å². The van der Waals surface area contributed by atoms with Gasteiger partial charge < -0.3 is 20.7 Å². The average molecular weight is 374 g/mol. The molecule has 1 unspecified atom stereocenters. The van der Waals surface area contributed by atoms with E-state index in [0.29, 0.717) is 23.7 Å². The zero-order chi connectivity index (χ0) is 18.5. The minimum Gasteiger partial charge on any atom is -0.497 e. The molecule has 3 amide bonds. The zero-order valence-electron chi connectivity index (χ0n) is 14.3. The summed E-state index contributed by atoms with van der Waals surface area (Å²) >= 11 is 5.85. The number of urea groups is 1. The molecule has 26 heavy (non-hydrogen) atoms. The van der Waals surface area contributed by atoms with Crippen molar-refractivity contribution in [2.75, 3.05) is 19.0 Å². The van der Waals surface area contributed by atoms with Crippen LogP contribution in [-0.4, -0.2) is 31.6 Å². The summed E-state index contributed by atoms with van der Waals surface area (Å²) in [6.07, 6.45) is 0.318. The summed E-state index contributed by atoms with van der Waals surface area (Å²) in [6, 6.07) is 13.9. The third-order valence-corrected chi connectivity index (χ3v) is 4.62. The van der Waals surface area contributed by atoms with Crippen molar-refractivity contribution in [1.29, 1.82) is 0 Å². The van der Waals surface area contributed by atoms with Crippen LogP contribution in [0.5, 0.6) is 5.75 Å². The quantitative estimate of drug-likeness (QED) is 0.770. The van der Waals surface area contributed by atoms with Gasteiger partial charge in [-0.1, -0.05) is 23.7 Å². The molecule has 0 spiro atoms. The van der Waals surface area contributed by atoms with Gasteiger partial charge in [0.05, 0.1) is 13.2 Å². The summed E-state index contributed by atoms with van der Waals surface area (Å²) in [5, 5.41) is 9.14. The molecule has 2 atom stereocenters. The zero-order valence-corrected chi connectivity index (χ0v) is 15.0. The van der Waals surface area contributed by atoms with Gasteiger partial charge in [-0.3, -0.25) is 4.79 Å². The molecule has 3 N–H and O–H groups in total. The summed E-state index contributed by atoms with van der Waals surface area (Å²) < 4.78 is 5.18. The fraction of sp³-hybridized carbons (Fsp3) is 0.263. The Labute approximate surface area is 156 Å². The highest BCUT2D eigenvalue weighted by atomic mass is 35.5. The molecular weight excluding hydrogens is 354 g/mol. The van der Waals surface area contributed by atoms with Crippen LogP contribution in [0.2, 0.25) is 5.02 Å². The SMILES string of the molecule is COc1ccc(C2CC(=O)NC[C@H]2NC(=O)Nc2ccc(Cl)cc2)cc1. The minimum atomic E-state index is -0.327. The molecule has 1 aliphatic rings. The number of carbonyl (C=O) groups excluding carboxylic acids is 2. The van der Waals surface area contributed by atoms with Gasteiger partial charge in [0.2, 0.25) is 5.91 Å². The number of amides is 3. The molecule has 0 bridgehead atoms. The molecule has 2 aromatic carbocycles. The second-order valence-corrected chi connectivity index (χ2v) is 6.54. The minimum absolute atomic E-state index is 0.0259. The molecule has 2 aromatic rings. The number of ether oxygens (including phenoxy) is 1. The Morgan fingerprint density at radius 3 is 2.50 bits per heavy atom. The normalized spacial score (nSPS) is 19.4. The highest BCUT2D eigenvalue weighted by Gasteiger charge is 2.31. The number of nitrogens with one attached hydrogen (secondary N) is 3. The molecule has 3 rings (SSSR count). The number of hydrogen-bond acceptors (Lipinski definition) is 3. The van der Waals surface area contributed by atoms with Crippen LogP contribution in [0, 0.1) is 0 Å². The Morgan fingerprint density at radius 1 is 1.15 bits per heavy atom. The Morgan fingerprint density at radius 2 is 1.85 bits per heavy atom. The molecule has 1 aliphatic heterocycles. The first kappa shape index (κ1) is 18.1. The first-order valence-electron chi connectivity index (χ1n) is 8.29. The molecule has 0 radical (unpaired) electrons. The number of anilines is 1. The lowest BCUT2D eigenvalue weighted by Gasteiger charge is -2.32. The van der Waals surface area contributed by atoms with Crippen molar-refractivity contribution in [2.45, 2.75) is 18.4 Å². The average Bonchev–Trinajstić information content (AvgIpc) is 2.65. The van der Waals surface area contributed by atoms with E-state index in [1.165, 1.54) is 0 Å². The molecule has 0 aromatic heterocycles. The second-order valence-electron chi connectivity index (χ2n) is 6.10. The van der Waals surface area contributed by atoms with Crippen molar-refractivity contribution in [3.63, 3.8) is 0 Å². The van der Waals surface area contributed by atoms with Crippen molar-refractivity contribution >= 4 is 29.2 Å². The van der Waals surface area contributed by atoms with E-state index < -0.39 is 0 Å². The third-order valence-electron chi connectivity index (χ3n) is 4.37. The molecule has 6 nitrogen and oxygen atoms in total. The predicted molar refractivity (Wildman–Crippen MR) is 101 cm³/mol. The highest BCUT2D eigenvalue weighted by molar-refractivity contribution is 6.30. The van der Waals surface area contributed by atoms with Crippen LogP contribution in [0.1, 0.15) is 17.9 Å². The van der Waals surface area contributed by atoms with E-state index in [4.69, 9.17) is 16.3 Å². The van der Waals surface area contributed by atoms with Gasteiger partial charge in [-0.05, 0) is 42.0 Å². The summed E-state index contributed by atoms with van der Waals surface area (Å²) in [5.74, 6) is 0.617. The monoisotopic (exact) mass is 373 g/mol. The fourth-order valence-corrected chi connectivity index (χ4v) is 3.13. The number of methoxy groups -OCH3 is 1. The van der Waals surface area contributed by atoms with E-state index in [-0.39, 0.29) is 23.9 Å². The van der Waals surface area contributed by atoms with E-state index in [0.717, 1.165) is 11.3 Å². The predicted octanol–water partition coefficient (Wildman–Crippen LogP) is 3.14. The second kappa shape index (κ2) is 8.10. The van der Waals surface area contributed by atoms with Gasteiger partial charge in [0.1, 0.15) is 5.75 Å². The van der Waals surface area contributed by atoms with Crippen molar-refractivity contribution in [3.8, 4) is 5.75 Å². The van der Waals surface area contributed by atoms with Gasteiger partial charge in [0.25, 0.3) is 0 Å². The van der Waals surface area contributed by atoms with Gasteiger partial charge in [0.15, 0.2) is 0 Å². The summed E-state index contributed by atoms with van der Waals surface area (Å²) in [4.78, 5) is 24.2. The number of piperidine rings is 1.